The molecule has 2 heterocycles. The number of nitrogens with one attached hydrogen (secondary N) is 1. The molecule has 1 N–H and O–H groups in total. The van der Waals surface area contributed by atoms with E-state index >= 15 is 0 Å². The summed E-state index contributed by atoms with van der Waals surface area (Å²) in [6, 6.07) is 11.9. The minimum Gasteiger partial charge on any atom is -0.337 e. The number of hydrogen-bond acceptors (Lipinski definition) is 3. The molecule has 1 amide bonds. The fourth-order valence-electron chi connectivity index (χ4n) is 2.70. The molecule has 1 aromatic heterocycles. The molecule has 0 spiro atoms. The van der Waals surface area contributed by atoms with Crippen molar-refractivity contribution in [3.05, 3.63) is 48.3 Å². The van der Waals surface area contributed by atoms with Crippen LogP contribution >= 0.6 is 12.4 Å². The number of aromatic nitrogens is 2. The zero-order valence-electron chi connectivity index (χ0n) is 12.6. The Labute approximate surface area is 136 Å². The van der Waals surface area contributed by atoms with Crippen LogP contribution in [0.3, 0.4) is 0 Å². The summed E-state index contributed by atoms with van der Waals surface area (Å²) in [5.74, 6) is -0.00317. The number of piperidine rings is 1. The third-order valence-electron chi connectivity index (χ3n) is 4.01. The molecule has 5 nitrogen and oxygen atoms in total. The Morgan fingerprint density at radius 1 is 1.23 bits per heavy atom. The Kier molecular flexibility index (Phi) is 5.57. The van der Waals surface area contributed by atoms with E-state index in [0.29, 0.717) is 11.7 Å². The fraction of sp³-hybridized carbons (Fsp3) is 0.375. The molecule has 1 fully saturated rings. The normalized spacial score (nSPS) is 15.1. The molecular formula is C16H21ClN4O. The van der Waals surface area contributed by atoms with Gasteiger partial charge in [-0.05, 0) is 44.1 Å². The van der Waals surface area contributed by atoms with E-state index in [0.717, 1.165) is 31.6 Å². The maximum absolute atomic E-state index is 12.5. The van der Waals surface area contributed by atoms with Crippen LogP contribution in [0.4, 0.5) is 0 Å². The van der Waals surface area contributed by atoms with Crippen LogP contribution in [0.1, 0.15) is 23.3 Å². The first-order chi connectivity index (χ1) is 10.3. The van der Waals surface area contributed by atoms with Gasteiger partial charge in [-0.2, -0.15) is 5.10 Å². The molecule has 22 heavy (non-hydrogen) atoms. The molecule has 0 bridgehead atoms. The van der Waals surface area contributed by atoms with E-state index in [9.17, 15) is 4.79 Å². The number of rotatable bonds is 3. The molecule has 3 rings (SSSR count). The topological polar surface area (TPSA) is 50.2 Å². The average Bonchev–Trinajstić information content (AvgIpc) is 3.05. The summed E-state index contributed by atoms with van der Waals surface area (Å²) >= 11 is 0. The van der Waals surface area contributed by atoms with Gasteiger partial charge in [0.1, 0.15) is 0 Å². The molecule has 2 aromatic rings. The minimum atomic E-state index is -0.00317. The van der Waals surface area contributed by atoms with E-state index in [1.165, 1.54) is 0 Å². The Balaban J connectivity index is 0.00000176. The zero-order chi connectivity index (χ0) is 14.7. The van der Waals surface area contributed by atoms with Gasteiger partial charge in [-0.25, -0.2) is 4.68 Å². The third kappa shape index (κ3) is 3.48. The quantitative estimate of drug-likeness (QED) is 0.942. The predicted octanol–water partition coefficient (Wildman–Crippen LogP) is 2.12. The van der Waals surface area contributed by atoms with Crippen molar-refractivity contribution in [2.75, 3.05) is 20.1 Å². The van der Waals surface area contributed by atoms with Crippen molar-refractivity contribution in [3.8, 4) is 5.69 Å². The van der Waals surface area contributed by atoms with Gasteiger partial charge in [-0.1, -0.05) is 18.2 Å². The summed E-state index contributed by atoms with van der Waals surface area (Å²) in [7, 11) is 1.87. The molecule has 1 aliphatic rings. The largest absolute Gasteiger partial charge is 0.337 e. The van der Waals surface area contributed by atoms with Gasteiger partial charge in [0.2, 0.25) is 0 Å². The average molecular weight is 321 g/mol. The van der Waals surface area contributed by atoms with Crippen molar-refractivity contribution in [1.82, 2.24) is 20.0 Å². The predicted molar refractivity (Wildman–Crippen MR) is 88.8 cm³/mol. The van der Waals surface area contributed by atoms with E-state index in [4.69, 9.17) is 0 Å². The zero-order valence-corrected chi connectivity index (χ0v) is 13.4. The standard InChI is InChI=1S/C16H20N4O.ClH/c1-19(13-7-10-17-11-8-13)16(21)15-9-12-20(18-15)14-5-3-2-4-6-14;/h2-6,9,12-13,17H,7-8,10-11H2,1H3;1H. The van der Waals surface area contributed by atoms with Crippen LogP contribution in [0.25, 0.3) is 5.69 Å². The number of hydrogen-bond donors (Lipinski definition) is 1. The molecule has 0 atom stereocenters. The van der Waals surface area contributed by atoms with E-state index in [-0.39, 0.29) is 18.3 Å². The first-order valence-corrected chi connectivity index (χ1v) is 7.34. The molecule has 0 saturated carbocycles. The van der Waals surface area contributed by atoms with Gasteiger partial charge in [-0.3, -0.25) is 4.79 Å². The lowest BCUT2D eigenvalue weighted by molar-refractivity contribution is 0.0697. The molecule has 1 aliphatic heterocycles. The number of carbonyl (C=O) groups is 1. The lowest BCUT2D eigenvalue weighted by Gasteiger charge is -2.31. The van der Waals surface area contributed by atoms with Crippen molar-refractivity contribution in [3.63, 3.8) is 0 Å². The van der Waals surface area contributed by atoms with Gasteiger partial charge >= 0.3 is 0 Å². The van der Waals surface area contributed by atoms with Crippen LogP contribution in [-0.4, -0.2) is 46.8 Å². The van der Waals surface area contributed by atoms with Gasteiger partial charge in [0.25, 0.3) is 5.91 Å². The Bertz CT molecular complexity index is 608. The van der Waals surface area contributed by atoms with Gasteiger partial charge in [0.05, 0.1) is 5.69 Å². The van der Waals surface area contributed by atoms with Crippen LogP contribution in [0, 0.1) is 0 Å². The van der Waals surface area contributed by atoms with Crippen LogP contribution in [0.15, 0.2) is 42.6 Å². The number of amides is 1. The second-order valence-corrected chi connectivity index (χ2v) is 5.38. The van der Waals surface area contributed by atoms with Crippen molar-refractivity contribution >= 4 is 18.3 Å². The van der Waals surface area contributed by atoms with Crippen LogP contribution in [0.5, 0.6) is 0 Å². The number of halogens is 1. The Hall–Kier alpha value is -1.85. The fourth-order valence-corrected chi connectivity index (χ4v) is 2.70. The number of carbonyl (C=O) groups excluding carboxylic acids is 1. The summed E-state index contributed by atoms with van der Waals surface area (Å²) in [6.45, 7) is 1.95. The molecule has 118 valence electrons. The van der Waals surface area contributed by atoms with Crippen molar-refractivity contribution in [2.45, 2.75) is 18.9 Å². The van der Waals surface area contributed by atoms with E-state index < -0.39 is 0 Å². The molecule has 0 aliphatic carbocycles. The molecule has 0 radical (unpaired) electrons. The minimum absolute atomic E-state index is 0. The molecular weight excluding hydrogens is 300 g/mol. The first-order valence-electron chi connectivity index (χ1n) is 7.34. The summed E-state index contributed by atoms with van der Waals surface area (Å²) in [5, 5.41) is 7.72. The first kappa shape index (κ1) is 16.5. The second kappa shape index (κ2) is 7.42. The molecule has 0 unspecified atom stereocenters. The Morgan fingerprint density at radius 3 is 2.59 bits per heavy atom. The SMILES string of the molecule is CN(C(=O)c1ccn(-c2ccccc2)n1)C1CCNCC1.Cl. The van der Waals surface area contributed by atoms with E-state index in [1.54, 1.807) is 10.7 Å². The van der Waals surface area contributed by atoms with Crippen molar-refractivity contribution < 1.29 is 4.79 Å². The number of para-hydroxylation sites is 1. The van der Waals surface area contributed by atoms with Gasteiger partial charge in [0, 0.05) is 19.3 Å². The number of benzene rings is 1. The third-order valence-corrected chi connectivity index (χ3v) is 4.01. The van der Waals surface area contributed by atoms with Crippen LogP contribution in [-0.2, 0) is 0 Å². The lowest BCUT2D eigenvalue weighted by atomic mass is 10.1. The van der Waals surface area contributed by atoms with Crippen molar-refractivity contribution in [2.24, 2.45) is 0 Å². The van der Waals surface area contributed by atoms with Crippen LogP contribution < -0.4 is 5.32 Å². The van der Waals surface area contributed by atoms with Gasteiger partial charge in [0.15, 0.2) is 5.69 Å². The highest BCUT2D eigenvalue weighted by Gasteiger charge is 2.24. The van der Waals surface area contributed by atoms with Crippen molar-refractivity contribution in [1.29, 1.82) is 0 Å². The summed E-state index contributed by atoms with van der Waals surface area (Å²) in [4.78, 5) is 14.4. The maximum atomic E-state index is 12.5. The second-order valence-electron chi connectivity index (χ2n) is 5.38. The van der Waals surface area contributed by atoms with Gasteiger partial charge < -0.3 is 10.2 Å². The summed E-state index contributed by atoms with van der Waals surface area (Å²) in [5.41, 5.74) is 1.46. The summed E-state index contributed by atoms with van der Waals surface area (Å²) in [6.07, 6.45) is 3.84. The molecule has 1 saturated heterocycles. The maximum Gasteiger partial charge on any atom is 0.274 e. The highest BCUT2D eigenvalue weighted by Crippen LogP contribution is 2.14. The monoisotopic (exact) mass is 320 g/mol. The van der Waals surface area contributed by atoms with E-state index in [1.807, 2.05) is 48.5 Å². The Morgan fingerprint density at radius 2 is 1.91 bits per heavy atom. The lowest BCUT2D eigenvalue weighted by Crippen LogP contribution is -2.44. The van der Waals surface area contributed by atoms with E-state index in [2.05, 4.69) is 10.4 Å². The molecule has 6 heteroatoms. The number of nitrogens with zero attached hydrogens (tertiary/aromatic N) is 3. The smallest absolute Gasteiger partial charge is 0.274 e. The highest BCUT2D eigenvalue weighted by atomic mass is 35.5. The van der Waals surface area contributed by atoms with Gasteiger partial charge in [-0.15, -0.1) is 12.4 Å². The highest BCUT2D eigenvalue weighted by molar-refractivity contribution is 5.92. The van der Waals surface area contributed by atoms with Crippen LogP contribution in [0.2, 0.25) is 0 Å². The molecule has 1 aromatic carbocycles. The summed E-state index contributed by atoms with van der Waals surface area (Å²) < 4.78 is 1.74.